The van der Waals surface area contributed by atoms with Crippen LogP contribution >= 0.6 is 11.3 Å². The minimum absolute atomic E-state index is 0.0306. The molecule has 7 nitrogen and oxygen atoms in total. The number of nitrogens with zero attached hydrogens (tertiary/aromatic N) is 4. The lowest BCUT2D eigenvalue weighted by molar-refractivity contribution is 0.0985. The molecule has 1 amide bonds. The standard InChI is InChI=1S/C25H24F2N4O3S2/c1-3-4-12-30(2)36(33,34)20-9-7-18(8-10-20)24(32)31(16-17-6-5-11-28-15-17)25-29-23-21(27)13-19(26)14-22(23)35-25/h5-11,13-15H,3-4,12,16H2,1-2H3. The summed E-state index contributed by atoms with van der Waals surface area (Å²) in [6, 6.07) is 11.1. The van der Waals surface area contributed by atoms with E-state index in [1.807, 2.05) is 6.92 Å². The van der Waals surface area contributed by atoms with Gasteiger partial charge in [0.25, 0.3) is 5.91 Å². The van der Waals surface area contributed by atoms with Crippen LogP contribution in [0.2, 0.25) is 0 Å². The number of fused-ring (bicyclic) bond motifs is 1. The Hall–Kier alpha value is -3.28. The number of carbonyl (C=O) groups excluding carboxylic acids is 1. The summed E-state index contributed by atoms with van der Waals surface area (Å²) >= 11 is 0.986. The molecular weight excluding hydrogens is 506 g/mol. The third kappa shape index (κ3) is 5.43. The predicted octanol–water partition coefficient (Wildman–Crippen LogP) is 5.24. The molecule has 0 aliphatic rings. The molecule has 0 saturated carbocycles. The molecule has 0 aliphatic heterocycles. The minimum Gasteiger partial charge on any atom is -0.279 e. The molecule has 0 bridgehead atoms. The first kappa shape index (κ1) is 25.8. The van der Waals surface area contributed by atoms with Crippen LogP contribution < -0.4 is 4.90 Å². The van der Waals surface area contributed by atoms with E-state index in [9.17, 15) is 22.0 Å². The normalized spacial score (nSPS) is 11.8. The summed E-state index contributed by atoms with van der Waals surface area (Å²) in [4.78, 5) is 23.3. The maximum Gasteiger partial charge on any atom is 0.260 e. The van der Waals surface area contributed by atoms with E-state index in [-0.39, 0.29) is 32.4 Å². The van der Waals surface area contributed by atoms with Gasteiger partial charge in [0, 0.05) is 37.6 Å². The largest absolute Gasteiger partial charge is 0.279 e. The molecule has 0 aliphatic carbocycles. The molecule has 0 fully saturated rings. The van der Waals surface area contributed by atoms with Crippen LogP contribution in [0.1, 0.15) is 35.7 Å². The molecule has 0 radical (unpaired) electrons. The zero-order valence-corrected chi connectivity index (χ0v) is 21.3. The van der Waals surface area contributed by atoms with Crippen molar-refractivity contribution in [2.24, 2.45) is 0 Å². The van der Waals surface area contributed by atoms with E-state index in [2.05, 4.69) is 9.97 Å². The van der Waals surface area contributed by atoms with Gasteiger partial charge in [-0.25, -0.2) is 26.5 Å². The molecule has 2 aromatic heterocycles. The van der Waals surface area contributed by atoms with Gasteiger partial charge in [0.05, 0.1) is 16.1 Å². The molecular formula is C25H24F2N4O3S2. The van der Waals surface area contributed by atoms with Crippen molar-refractivity contribution in [1.82, 2.24) is 14.3 Å². The van der Waals surface area contributed by atoms with Crippen LogP contribution in [-0.2, 0) is 16.6 Å². The number of amides is 1. The summed E-state index contributed by atoms with van der Waals surface area (Å²) in [6.45, 7) is 2.46. The van der Waals surface area contributed by atoms with Gasteiger partial charge in [-0.2, -0.15) is 0 Å². The molecule has 0 atom stereocenters. The number of hydrogen-bond acceptors (Lipinski definition) is 6. The van der Waals surface area contributed by atoms with Crippen LogP contribution in [0.4, 0.5) is 13.9 Å². The van der Waals surface area contributed by atoms with Crippen molar-refractivity contribution in [3.8, 4) is 0 Å². The van der Waals surface area contributed by atoms with Gasteiger partial charge in [-0.15, -0.1) is 0 Å². The van der Waals surface area contributed by atoms with Crippen LogP contribution in [0.25, 0.3) is 10.2 Å². The highest BCUT2D eigenvalue weighted by molar-refractivity contribution is 7.89. The molecule has 11 heteroatoms. The third-order valence-electron chi connectivity index (χ3n) is 5.58. The first-order valence-electron chi connectivity index (χ1n) is 11.2. The highest BCUT2D eigenvalue weighted by Gasteiger charge is 2.25. The number of anilines is 1. The lowest BCUT2D eigenvalue weighted by Crippen LogP contribution is -2.31. The highest BCUT2D eigenvalue weighted by Crippen LogP contribution is 2.33. The quantitative estimate of drug-likeness (QED) is 0.296. The van der Waals surface area contributed by atoms with Crippen LogP contribution in [0.15, 0.2) is 65.8 Å². The molecule has 0 spiro atoms. The molecule has 2 heterocycles. The predicted molar refractivity (Wildman–Crippen MR) is 135 cm³/mol. The van der Waals surface area contributed by atoms with Crippen LogP contribution in [0.5, 0.6) is 0 Å². The molecule has 188 valence electrons. The van der Waals surface area contributed by atoms with Gasteiger partial charge in [-0.1, -0.05) is 30.7 Å². The molecule has 0 N–H and O–H groups in total. The van der Waals surface area contributed by atoms with Crippen molar-refractivity contribution >= 4 is 42.6 Å². The Bertz CT molecular complexity index is 1480. The second-order valence-electron chi connectivity index (χ2n) is 8.19. The summed E-state index contributed by atoms with van der Waals surface area (Å²) in [7, 11) is -2.17. The Labute approximate surface area is 212 Å². The molecule has 36 heavy (non-hydrogen) atoms. The van der Waals surface area contributed by atoms with Crippen LogP contribution in [0, 0.1) is 11.6 Å². The van der Waals surface area contributed by atoms with Crippen molar-refractivity contribution in [1.29, 1.82) is 0 Å². The van der Waals surface area contributed by atoms with Crippen molar-refractivity contribution in [3.05, 3.63) is 83.7 Å². The number of thiazole rings is 1. The minimum atomic E-state index is -3.69. The molecule has 0 saturated heterocycles. The van der Waals surface area contributed by atoms with Crippen molar-refractivity contribution < 1.29 is 22.0 Å². The first-order chi connectivity index (χ1) is 17.2. The smallest absolute Gasteiger partial charge is 0.260 e. The Kier molecular flexibility index (Phi) is 7.72. The first-order valence-corrected chi connectivity index (χ1v) is 13.5. The number of unbranched alkanes of at least 4 members (excludes halogenated alkanes) is 1. The molecule has 2 aromatic carbocycles. The van der Waals surface area contributed by atoms with Gasteiger partial charge in [0.2, 0.25) is 10.0 Å². The fourth-order valence-corrected chi connectivity index (χ4v) is 5.78. The van der Waals surface area contributed by atoms with Gasteiger partial charge >= 0.3 is 0 Å². The van der Waals surface area contributed by atoms with Gasteiger partial charge in [-0.05, 0) is 48.4 Å². The summed E-state index contributed by atoms with van der Waals surface area (Å²) in [6.07, 6.45) is 4.79. The zero-order chi connectivity index (χ0) is 25.9. The van der Waals surface area contributed by atoms with Crippen LogP contribution in [0.3, 0.4) is 0 Å². The van der Waals surface area contributed by atoms with E-state index in [0.29, 0.717) is 12.1 Å². The van der Waals surface area contributed by atoms with Gasteiger partial charge in [0.15, 0.2) is 10.9 Å². The number of carbonyl (C=O) groups is 1. The Morgan fingerprint density at radius 2 is 1.86 bits per heavy atom. The van der Waals surface area contributed by atoms with Gasteiger partial charge < -0.3 is 0 Å². The maximum absolute atomic E-state index is 14.3. The fraction of sp³-hybridized carbons (Fsp3) is 0.240. The number of rotatable bonds is 9. The lowest BCUT2D eigenvalue weighted by atomic mass is 10.2. The topological polar surface area (TPSA) is 83.5 Å². The van der Waals surface area contributed by atoms with Crippen molar-refractivity contribution in [3.63, 3.8) is 0 Å². The van der Waals surface area contributed by atoms with E-state index in [1.54, 1.807) is 24.5 Å². The summed E-state index contributed by atoms with van der Waals surface area (Å²) < 4.78 is 55.2. The van der Waals surface area contributed by atoms with Gasteiger partial charge in [-0.3, -0.25) is 14.7 Å². The SMILES string of the molecule is CCCCN(C)S(=O)(=O)c1ccc(C(=O)N(Cc2cccnc2)c2nc3c(F)cc(F)cc3s2)cc1. The number of sulfonamides is 1. The second kappa shape index (κ2) is 10.8. The zero-order valence-electron chi connectivity index (χ0n) is 19.7. The van der Waals surface area contributed by atoms with Crippen molar-refractivity contribution in [2.45, 2.75) is 31.2 Å². The number of benzene rings is 2. The highest BCUT2D eigenvalue weighted by atomic mass is 32.2. The van der Waals surface area contributed by atoms with Gasteiger partial charge in [0.1, 0.15) is 11.3 Å². The number of hydrogen-bond donors (Lipinski definition) is 0. The number of pyridine rings is 1. The Balaban J connectivity index is 1.68. The van der Waals surface area contributed by atoms with Crippen molar-refractivity contribution in [2.75, 3.05) is 18.5 Å². The Morgan fingerprint density at radius 3 is 2.53 bits per heavy atom. The number of aromatic nitrogens is 2. The molecule has 4 aromatic rings. The molecule has 0 unspecified atom stereocenters. The molecule has 4 rings (SSSR count). The van der Waals surface area contributed by atoms with E-state index in [4.69, 9.17) is 0 Å². The monoisotopic (exact) mass is 530 g/mol. The average Bonchev–Trinajstić information content (AvgIpc) is 3.30. The van der Waals surface area contributed by atoms with E-state index in [0.717, 1.165) is 30.2 Å². The summed E-state index contributed by atoms with van der Waals surface area (Å²) in [5.41, 5.74) is 0.894. The Morgan fingerprint density at radius 1 is 1.11 bits per heavy atom. The average molecular weight is 531 g/mol. The second-order valence-corrected chi connectivity index (χ2v) is 11.2. The van der Waals surface area contributed by atoms with E-state index < -0.39 is 27.6 Å². The van der Waals surface area contributed by atoms with Crippen LogP contribution in [-0.4, -0.2) is 42.2 Å². The third-order valence-corrected chi connectivity index (χ3v) is 8.47. The maximum atomic E-state index is 14.3. The summed E-state index contributed by atoms with van der Waals surface area (Å²) in [5, 5.41) is 0.180. The van der Waals surface area contributed by atoms with E-state index >= 15 is 0 Å². The lowest BCUT2D eigenvalue weighted by Gasteiger charge is -2.20. The fourth-order valence-electron chi connectivity index (χ4n) is 3.57. The number of halogens is 2. The summed E-state index contributed by atoms with van der Waals surface area (Å²) in [5.74, 6) is -2.02. The van der Waals surface area contributed by atoms with E-state index in [1.165, 1.54) is 46.6 Å².